The zero-order valence-electron chi connectivity index (χ0n) is 13.6. The molecule has 0 saturated carbocycles. The van der Waals surface area contributed by atoms with Crippen LogP contribution in [0, 0.1) is 11.8 Å². The molecule has 0 spiro atoms. The van der Waals surface area contributed by atoms with E-state index in [0.717, 1.165) is 27.9 Å². The van der Waals surface area contributed by atoms with Crippen LogP contribution in [-0.4, -0.2) is 16.1 Å². The summed E-state index contributed by atoms with van der Waals surface area (Å²) in [5.41, 5.74) is 4.77. The maximum atomic E-state index is 10.6. The van der Waals surface area contributed by atoms with Crippen LogP contribution in [0.15, 0.2) is 72.9 Å². The molecule has 0 atom stereocenters. The van der Waals surface area contributed by atoms with E-state index in [1.807, 2.05) is 66.7 Å². The van der Waals surface area contributed by atoms with Crippen molar-refractivity contribution in [1.29, 1.82) is 0 Å². The molecule has 122 valence electrons. The first-order valence-corrected chi connectivity index (χ1v) is 8.05. The van der Waals surface area contributed by atoms with Crippen molar-refractivity contribution in [2.45, 2.75) is 12.8 Å². The summed E-state index contributed by atoms with van der Waals surface area (Å²) in [7, 11) is 0. The summed E-state index contributed by atoms with van der Waals surface area (Å²) in [5, 5.41) is 8.72. The number of aliphatic carboxylic acids is 1. The molecule has 3 nitrogen and oxygen atoms in total. The molecule has 2 aromatic carbocycles. The molecule has 0 fully saturated rings. The van der Waals surface area contributed by atoms with Crippen molar-refractivity contribution in [1.82, 2.24) is 4.98 Å². The molecule has 0 saturated heterocycles. The fourth-order valence-electron chi connectivity index (χ4n) is 2.43. The highest BCUT2D eigenvalue weighted by molar-refractivity contribution is 5.67. The Morgan fingerprint density at radius 1 is 0.920 bits per heavy atom. The Hall–Kier alpha value is -3.38. The lowest BCUT2D eigenvalue weighted by atomic mass is 10.1. The van der Waals surface area contributed by atoms with Crippen molar-refractivity contribution in [2.24, 2.45) is 0 Å². The summed E-state index contributed by atoms with van der Waals surface area (Å²) in [6.45, 7) is 0. The van der Waals surface area contributed by atoms with Gasteiger partial charge in [-0.1, -0.05) is 54.3 Å². The quantitative estimate of drug-likeness (QED) is 0.732. The minimum Gasteiger partial charge on any atom is -0.481 e. The van der Waals surface area contributed by atoms with Crippen molar-refractivity contribution in [3.8, 4) is 23.1 Å². The number of carboxylic acids is 1. The van der Waals surface area contributed by atoms with Crippen LogP contribution in [0.4, 0.5) is 0 Å². The molecule has 0 amide bonds. The first-order valence-electron chi connectivity index (χ1n) is 8.05. The third-order valence-corrected chi connectivity index (χ3v) is 3.76. The molecule has 0 bridgehead atoms. The lowest BCUT2D eigenvalue weighted by molar-refractivity contribution is -0.136. The van der Waals surface area contributed by atoms with Gasteiger partial charge < -0.3 is 5.11 Å². The molecule has 1 N–H and O–H groups in total. The largest absolute Gasteiger partial charge is 0.481 e. The average Bonchev–Trinajstić information content (AvgIpc) is 2.66. The third kappa shape index (κ3) is 4.79. The Bertz CT molecular complexity index is 919. The Morgan fingerprint density at radius 3 is 2.36 bits per heavy atom. The van der Waals surface area contributed by atoms with Crippen LogP contribution in [0.3, 0.4) is 0 Å². The van der Waals surface area contributed by atoms with Gasteiger partial charge in [0.15, 0.2) is 0 Å². The predicted octanol–water partition coefficient (Wildman–Crippen LogP) is 4.17. The van der Waals surface area contributed by atoms with Crippen molar-refractivity contribution < 1.29 is 9.90 Å². The molecule has 0 aliphatic rings. The second-order valence-corrected chi connectivity index (χ2v) is 5.64. The van der Waals surface area contributed by atoms with Crippen molar-refractivity contribution >= 4 is 5.97 Å². The number of pyridine rings is 1. The number of benzene rings is 2. The van der Waals surface area contributed by atoms with Crippen molar-refractivity contribution in [3.05, 3.63) is 89.6 Å². The standard InChI is InChI=1S/C22H17NO2/c24-22(25)13-12-18-8-6-17(7-9-18)10-11-19-14-15-23-21(16-19)20-4-2-1-3-5-20/h1-9,14-16H,12-13H2,(H,24,25). The average molecular weight is 327 g/mol. The summed E-state index contributed by atoms with van der Waals surface area (Å²) in [6, 6.07) is 21.6. The van der Waals surface area contributed by atoms with Gasteiger partial charge in [-0.05, 0) is 36.2 Å². The molecule has 3 heteroatoms. The molecular weight excluding hydrogens is 310 g/mol. The number of aromatic nitrogens is 1. The molecule has 25 heavy (non-hydrogen) atoms. The Balaban J connectivity index is 1.74. The van der Waals surface area contributed by atoms with Crippen molar-refractivity contribution in [3.63, 3.8) is 0 Å². The van der Waals surface area contributed by atoms with Crippen LogP contribution in [0.25, 0.3) is 11.3 Å². The zero-order chi connectivity index (χ0) is 17.5. The van der Waals surface area contributed by atoms with E-state index >= 15 is 0 Å². The van der Waals surface area contributed by atoms with Crippen LogP contribution in [0.5, 0.6) is 0 Å². The van der Waals surface area contributed by atoms with Gasteiger partial charge in [0, 0.05) is 29.3 Å². The highest BCUT2D eigenvalue weighted by Gasteiger charge is 2.00. The summed E-state index contributed by atoms with van der Waals surface area (Å²) in [5.74, 6) is 5.51. The number of aryl methyl sites for hydroxylation is 1. The zero-order valence-corrected chi connectivity index (χ0v) is 13.6. The molecule has 0 aliphatic carbocycles. The van der Waals surface area contributed by atoms with E-state index in [4.69, 9.17) is 5.11 Å². The lowest BCUT2D eigenvalue weighted by Gasteiger charge is -2.00. The van der Waals surface area contributed by atoms with E-state index in [0.29, 0.717) is 6.42 Å². The highest BCUT2D eigenvalue weighted by atomic mass is 16.4. The van der Waals surface area contributed by atoms with Crippen LogP contribution in [0.2, 0.25) is 0 Å². The number of hydrogen-bond acceptors (Lipinski definition) is 2. The minimum atomic E-state index is -0.782. The number of carbonyl (C=O) groups is 1. The molecular formula is C22H17NO2. The van der Waals surface area contributed by atoms with Crippen LogP contribution >= 0.6 is 0 Å². The van der Waals surface area contributed by atoms with Gasteiger partial charge in [-0.3, -0.25) is 9.78 Å². The van der Waals surface area contributed by atoms with Crippen LogP contribution in [0.1, 0.15) is 23.1 Å². The van der Waals surface area contributed by atoms with Gasteiger partial charge >= 0.3 is 5.97 Å². The number of rotatable bonds is 4. The summed E-state index contributed by atoms with van der Waals surface area (Å²) >= 11 is 0. The number of carboxylic acid groups (broad SMARTS) is 1. The van der Waals surface area contributed by atoms with E-state index < -0.39 is 5.97 Å². The Kier molecular flexibility index (Phi) is 5.23. The van der Waals surface area contributed by atoms with Gasteiger partial charge in [0.05, 0.1) is 5.69 Å². The Morgan fingerprint density at radius 2 is 1.64 bits per heavy atom. The minimum absolute atomic E-state index is 0.143. The molecule has 1 heterocycles. The normalized spacial score (nSPS) is 9.92. The SMILES string of the molecule is O=C(O)CCc1ccc(C#Cc2ccnc(-c3ccccc3)c2)cc1. The van der Waals surface area contributed by atoms with E-state index in [-0.39, 0.29) is 6.42 Å². The van der Waals surface area contributed by atoms with Gasteiger partial charge in [-0.25, -0.2) is 0 Å². The highest BCUT2D eigenvalue weighted by Crippen LogP contribution is 2.16. The molecule has 1 aromatic heterocycles. The van der Waals surface area contributed by atoms with E-state index in [2.05, 4.69) is 16.8 Å². The molecule has 0 aliphatic heterocycles. The van der Waals surface area contributed by atoms with Crippen molar-refractivity contribution in [2.75, 3.05) is 0 Å². The molecule has 0 unspecified atom stereocenters. The number of hydrogen-bond donors (Lipinski definition) is 1. The first-order chi connectivity index (χ1) is 12.2. The second-order valence-electron chi connectivity index (χ2n) is 5.64. The number of nitrogens with zero attached hydrogens (tertiary/aromatic N) is 1. The second kappa shape index (κ2) is 7.94. The van der Waals surface area contributed by atoms with Gasteiger partial charge in [-0.2, -0.15) is 0 Å². The predicted molar refractivity (Wildman–Crippen MR) is 98.1 cm³/mol. The Labute approximate surface area is 147 Å². The molecule has 3 aromatic rings. The van der Waals surface area contributed by atoms with Crippen LogP contribution < -0.4 is 0 Å². The first kappa shape index (κ1) is 16.5. The van der Waals surface area contributed by atoms with Gasteiger partial charge in [0.25, 0.3) is 0 Å². The van der Waals surface area contributed by atoms with Crippen LogP contribution in [-0.2, 0) is 11.2 Å². The van der Waals surface area contributed by atoms with E-state index in [1.54, 1.807) is 6.20 Å². The fraction of sp³-hybridized carbons (Fsp3) is 0.0909. The van der Waals surface area contributed by atoms with E-state index in [1.165, 1.54) is 0 Å². The van der Waals surface area contributed by atoms with E-state index in [9.17, 15) is 4.79 Å². The molecule has 3 rings (SSSR count). The lowest BCUT2D eigenvalue weighted by Crippen LogP contribution is -1.97. The monoisotopic (exact) mass is 327 g/mol. The topological polar surface area (TPSA) is 50.2 Å². The fourth-order valence-corrected chi connectivity index (χ4v) is 2.43. The summed E-state index contributed by atoms with van der Waals surface area (Å²) < 4.78 is 0. The summed E-state index contributed by atoms with van der Waals surface area (Å²) in [4.78, 5) is 15.0. The molecule has 0 radical (unpaired) electrons. The maximum Gasteiger partial charge on any atom is 0.303 e. The third-order valence-electron chi connectivity index (χ3n) is 3.76. The van der Waals surface area contributed by atoms with Gasteiger partial charge in [-0.15, -0.1) is 0 Å². The van der Waals surface area contributed by atoms with Gasteiger partial charge in [0.2, 0.25) is 0 Å². The maximum absolute atomic E-state index is 10.6. The summed E-state index contributed by atoms with van der Waals surface area (Å²) in [6.07, 6.45) is 2.44. The smallest absolute Gasteiger partial charge is 0.303 e. The van der Waals surface area contributed by atoms with Gasteiger partial charge in [0.1, 0.15) is 0 Å².